The summed E-state index contributed by atoms with van der Waals surface area (Å²) in [6.07, 6.45) is 0.872. The number of halogens is 1. The third-order valence-electron chi connectivity index (χ3n) is 4.25. The van der Waals surface area contributed by atoms with E-state index in [1.165, 1.54) is 11.8 Å². The molecular formula is C20H21ClN4OS. The van der Waals surface area contributed by atoms with Crippen LogP contribution < -0.4 is 5.32 Å². The molecule has 0 fully saturated rings. The van der Waals surface area contributed by atoms with Gasteiger partial charge < -0.3 is 9.88 Å². The Bertz CT molecular complexity index is 970. The van der Waals surface area contributed by atoms with Gasteiger partial charge in [0.2, 0.25) is 5.91 Å². The van der Waals surface area contributed by atoms with Gasteiger partial charge in [-0.25, -0.2) is 0 Å². The van der Waals surface area contributed by atoms with Crippen LogP contribution >= 0.6 is 23.4 Å². The molecule has 0 unspecified atom stereocenters. The Morgan fingerprint density at radius 1 is 1.22 bits per heavy atom. The van der Waals surface area contributed by atoms with Gasteiger partial charge in [-0.3, -0.25) is 4.79 Å². The predicted molar refractivity (Wildman–Crippen MR) is 111 cm³/mol. The van der Waals surface area contributed by atoms with Crippen LogP contribution in [0.15, 0.2) is 47.6 Å². The maximum absolute atomic E-state index is 12.4. The van der Waals surface area contributed by atoms with Crippen molar-refractivity contribution in [3.63, 3.8) is 0 Å². The molecule has 0 atom stereocenters. The SMILES string of the molecule is CCc1cccc(C)c1NC(=O)CSc1nnc(-c2cccc(Cl)c2)n1C. The molecule has 3 rings (SSSR count). The lowest BCUT2D eigenvalue weighted by atomic mass is 10.1. The van der Waals surface area contributed by atoms with Crippen molar-refractivity contribution in [3.05, 3.63) is 58.6 Å². The first-order chi connectivity index (χ1) is 13.0. The second-order valence-corrected chi connectivity index (χ2v) is 7.55. The minimum absolute atomic E-state index is 0.0590. The predicted octanol–water partition coefficient (Wildman–Crippen LogP) is 4.74. The number of hydrogen-bond acceptors (Lipinski definition) is 4. The number of nitrogens with one attached hydrogen (secondary N) is 1. The van der Waals surface area contributed by atoms with Gasteiger partial charge in [0.25, 0.3) is 0 Å². The zero-order valence-electron chi connectivity index (χ0n) is 15.5. The Morgan fingerprint density at radius 2 is 2.00 bits per heavy atom. The van der Waals surface area contributed by atoms with Crippen molar-refractivity contribution < 1.29 is 4.79 Å². The van der Waals surface area contributed by atoms with Gasteiger partial charge in [0.05, 0.1) is 5.75 Å². The van der Waals surface area contributed by atoms with Crippen LogP contribution in [0.25, 0.3) is 11.4 Å². The van der Waals surface area contributed by atoms with E-state index in [1.807, 2.05) is 61.0 Å². The molecule has 1 amide bonds. The van der Waals surface area contributed by atoms with Crippen LogP contribution in [0.5, 0.6) is 0 Å². The van der Waals surface area contributed by atoms with Crippen LogP contribution in [0, 0.1) is 6.92 Å². The Labute approximate surface area is 168 Å². The van der Waals surface area contributed by atoms with Crippen molar-refractivity contribution in [3.8, 4) is 11.4 Å². The molecule has 3 aromatic rings. The summed E-state index contributed by atoms with van der Waals surface area (Å²) >= 11 is 7.41. The lowest BCUT2D eigenvalue weighted by molar-refractivity contribution is -0.113. The van der Waals surface area contributed by atoms with E-state index in [-0.39, 0.29) is 11.7 Å². The molecule has 1 heterocycles. The topological polar surface area (TPSA) is 59.8 Å². The Balaban J connectivity index is 1.68. The normalized spacial score (nSPS) is 10.8. The van der Waals surface area contributed by atoms with Crippen molar-refractivity contribution in [1.82, 2.24) is 14.8 Å². The number of aryl methyl sites for hydroxylation is 2. The number of benzene rings is 2. The summed E-state index contributed by atoms with van der Waals surface area (Å²) in [5.74, 6) is 0.919. The molecular weight excluding hydrogens is 380 g/mol. The van der Waals surface area contributed by atoms with E-state index in [0.29, 0.717) is 16.0 Å². The van der Waals surface area contributed by atoms with Gasteiger partial charge in [-0.1, -0.05) is 60.6 Å². The molecule has 0 aliphatic heterocycles. The van der Waals surface area contributed by atoms with E-state index in [2.05, 4.69) is 22.4 Å². The van der Waals surface area contributed by atoms with Gasteiger partial charge in [0, 0.05) is 23.3 Å². The summed E-state index contributed by atoms with van der Waals surface area (Å²) < 4.78 is 1.87. The number of amides is 1. The zero-order chi connectivity index (χ0) is 19.4. The second-order valence-electron chi connectivity index (χ2n) is 6.17. The maximum Gasteiger partial charge on any atom is 0.234 e. The number of nitrogens with zero attached hydrogens (tertiary/aromatic N) is 3. The molecule has 0 radical (unpaired) electrons. The Morgan fingerprint density at radius 3 is 2.74 bits per heavy atom. The van der Waals surface area contributed by atoms with E-state index in [4.69, 9.17) is 11.6 Å². The van der Waals surface area contributed by atoms with Gasteiger partial charge in [-0.15, -0.1) is 10.2 Å². The van der Waals surface area contributed by atoms with Crippen molar-refractivity contribution in [1.29, 1.82) is 0 Å². The summed E-state index contributed by atoms with van der Waals surface area (Å²) in [4.78, 5) is 12.4. The summed E-state index contributed by atoms with van der Waals surface area (Å²) in [5.41, 5.74) is 3.99. The number of carbonyl (C=O) groups is 1. The number of carbonyl (C=O) groups excluding carboxylic acids is 1. The van der Waals surface area contributed by atoms with Gasteiger partial charge in [0.1, 0.15) is 0 Å². The fraction of sp³-hybridized carbons (Fsp3) is 0.250. The molecule has 0 saturated carbocycles. The van der Waals surface area contributed by atoms with Gasteiger partial charge in [-0.2, -0.15) is 0 Å². The lowest BCUT2D eigenvalue weighted by Crippen LogP contribution is -2.16. The van der Waals surface area contributed by atoms with Gasteiger partial charge in [0.15, 0.2) is 11.0 Å². The molecule has 1 aromatic heterocycles. The quantitative estimate of drug-likeness (QED) is 0.607. The zero-order valence-corrected chi connectivity index (χ0v) is 17.1. The molecule has 0 saturated heterocycles. The second kappa shape index (κ2) is 8.59. The van der Waals surface area contributed by atoms with E-state index in [0.717, 1.165) is 28.8 Å². The third kappa shape index (κ3) is 4.51. The maximum atomic E-state index is 12.4. The van der Waals surface area contributed by atoms with E-state index < -0.39 is 0 Å². The highest BCUT2D eigenvalue weighted by Gasteiger charge is 2.14. The number of aromatic nitrogens is 3. The molecule has 27 heavy (non-hydrogen) atoms. The summed E-state index contributed by atoms with van der Waals surface area (Å²) in [5, 5.41) is 12.8. The van der Waals surface area contributed by atoms with Crippen LogP contribution in [0.4, 0.5) is 5.69 Å². The highest BCUT2D eigenvalue weighted by Crippen LogP contribution is 2.25. The van der Waals surface area contributed by atoms with Crippen LogP contribution in [-0.4, -0.2) is 26.4 Å². The fourth-order valence-electron chi connectivity index (χ4n) is 2.83. The molecule has 0 bridgehead atoms. The Kier molecular flexibility index (Phi) is 6.19. The number of para-hydroxylation sites is 1. The first-order valence-electron chi connectivity index (χ1n) is 8.66. The minimum Gasteiger partial charge on any atom is -0.325 e. The number of thioether (sulfide) groups is 1. The van der Waals surface area contributed by atoms with Crippen molar-refractivity contribution >= 4 is 35.0 Å². The monoisotopic (exact) mass is 400 g/mol. The first kappa shape index (κ1) is 19.5. The number of rotatable bonds is 6. The molecule has 0 spiro atoms. The highest BCUT2D eigenvalue weighted by atomic mass is 35.5. The van der Waals surface area contributed by atoms with Crippen molar-refractivity contribution in [2.24, 2.45) is 7.05 Å². The highest BCUT2D eigenvalue weighted by molar-refractivity contribution is 7.99. The van der Waals surface area contributed by atoms with E-state index in [1.54, 1.807) is 0 Å². The number of hydrogen-bond donors (Lipinski definition) is 1. The third-order valence-corrected chi connectivity index (χ3v) is 5.51. The van der Waals surface area contributed by atoms with Gasteiger partial charge >= 0.3 is 0 Å². The Hall–Kier alpha value is -2.31. The first-order valence-corrected chi connectivity index (χ1v) is 10.0. The number of anilines is 1. The molecule has 5 nitrogen and oxygen atoms in total. The molecule has 0 aliphatic carbocycles. The van der Waals surface area contributed by atoms with Gasteiger partial charge in [-0.05, 0) is 36.6 Å². The smallest absolute Gasteiger partial charge is 0.234 e. The lowest BCUT2D eigenvalue weighted by Gasteiger charge is -2.12. The summed E-state index contributed by atoms with van der Waals surface area (Å²) in [7, 11) is 1.88. The average molecular weight is 401 g/mol. The average Bonchev–Trinajstić information content (AvgIpc) is 3.02. The summed E-state index contributed by atoms with van der Waals surface area (Å²) in [6, 6.07) is 13.5. The fourth-order valence-corrected chi connectivity index (χ4v) is 3.73. The van der Waals surface area contributed by atoms with Crippen molar-refractivity contribution in [2.75, 3.05) is 11.1 Å². The van der Waals surface area contributed by atoms with Crippen molar-refractivity contribution in [2.45, 2.75) is 25.4 Å². The molecule has 7 heteroatoms. The molecule has 1 N–H and O–H groups in total. The largest absolute Gasteiger partial charge is 0.325 e. The minimum atomic E-state index is -0.0590. The van der Waals surface area contributed by atoms with Crippen LogP contribution in [0.2, 0.25) is 5.02 Å². The molecule has 2 aromatic carbocycles. The molecule has 0 aliphatic rings. The van der Waals surface area contributed by atoms with Crippen LogP contribution in [0.1, 0.15) is 18.1 Å². The van der Waals surface area contributed by atoms with Crippen LogP contribution in [-0.2, 0) is 18.3 Å². The molecule has 140 valence electrons. The summed E-state index contributed by atoms with van der Waals surface area (Å²) in [6.45, 7) is 4.08. The standard InChI is InChI=1S/C20H21ClN4OS/c1-4-14-8-5-7-13(2)18(14)22-17(26)12-27-20-24-23-19(25(20)3)15-9-6-10-16(21)11-15/h5-11H,4,12H2,1-3H3,(H,22,26). The van der Waals surface area contributed by atoms with Crippen LogP contribution in [0.3, 0.4) is 0 Å². The van der Waals surface area contributed by atoms with E-state index >= 15 is 0 Å². The van der Waals surface area contributed by atoms with E-state index in [9.17, 15) is 4.79 Å².